The lowest BCUT2D eigenvalue weighted by molar-refractivity contribution is -0.384. The number of amides is 2. The molecule has 9 nitrogen and oxygen atoms in total. The van der Waals surface area contributed by atoms with Crippen molar-refractivity contribution in [2.45, 2.75) is 44.2 Å². The summed E-state index contributed by atoms with van der Waals surface area (Å²) in [7, 11) is 1.34. The van der Waals surface area contributed by atoms with Crippen molar-refractivity contribution in [3.05, 3.63) is 28.3 Å². The number of benzene rings is 1. The molecule has 9 heteroatoms. The van der Waals surface area contributed by atoms with E-state index in [1.54, 1.807) is 0 Å². The van der Waals surface area contributed by atoms with Crippen molar-refractivity contribution < 1.29 is 24.4 Å². The number of aliphatic hydroxyl groups is 1. The number of likely N-dealkylation sites (tertiary alicyclic amines) is 1. The first-order chi connectivity index (χ1) is 13.0. The largest absolute Gasteiger partial charge is 0.494 e. The van der Waals surface area contributed by atoms with Gasteiger partial charge in [0.2, 0.25) is 5.91 Å². The highest BCUT2D eigenvalue weighted by atomic mass is 16.6. The highest BCUT2D eigenvalue weighted by molar-refractivity contribution is 6.23. The van der Waals surface area contributed by atoms with Gasteiger partial charge in [-0.2, -0.15) is 0 Å². The number of imide groups is 1. The third kappa shape index (κ3) is 3.65. The van der Waals surface area contributed by atoms with Gasteiger partial charge < -0.3 is 9.84 Å². The van der Waals surface area contributed by atoms with Crippen molar-refractivity contribution >= 4 is 23.2 Å². The van der Waals surface area contributed by atoms with E-state index >= 15 is 0 Å². The fourth-order valence-corrected chi connectivity index (χ4v) is 3.98. The number of aliphatic hydroxyl groups excluding tert-OH is 1. The van der Waals surface area contributed by atoms with Crippen LogP contribution in [0.1, 0.15) is 32.1 Å². The SMILES string of the molecule is COc1cc([N+](=O)[O-])ccc1N1C(=O)CC(N2CCCCC2CCO)C1=O. The molecule has 2 amide bonds. The number of hydrogen-bond acceptors (Lipinski definition) is 7. The number of methoxy groups -OCH3 is 1. The van der Waals surface area contributed by atoms with Crippen LogP contribution in [-0.2, 0) is 9.59 Å². The van der Waals surface area contributed by atoms with Crippen LogP contribution in [0.2, 0.25) is 0 Å². The molecule has 0 saturated carbocycles. The molecule has 146 valence electrons. The number of nitro benzene ring substituents is 1. The number of nitro groups is 1. The minimum atomic E-state index is -0.575. The molecule has 3 rings (SSSR count). The summed E-state index contributed by atoms with van der Waals surface area (Å²) in [5, 5.41) is 20.3. The molecule has 0 bridgehead atoms. The quantitative estimate of drug-likeness (QED) is 0.454. The van der Waals surface area contributed by atoms with E-state index in [0.717, 1.165) is 24.2 Å². The predicted molar refractivity (Wildman–Crippen MR) is 96.6 cm³/mol. The molecule has 0 aliphatic carbocycles. The van der Waals surface area contributed by atoms with Crippen LogP contribution in [-0.4, -0.2) is 59.1 Å². The number of nitrogens with zero attached hydrogens (tertiary/aromatic N) is 3. The monoisotopic (exact) mass is 377 g/mol. The molecule has 2 fully saturated rings. The van der Waals surface area contributed by atoms with Crippen molar-refractivity contribution in [1.29, 1.82) is 0 Å². The summed E-state index contributed by atoms with van der Waals surface area (Å²) in [4.78, 5) is 39.2. The zero-order chi connectivity index (χ0) is 19.6. The Morgan fingerprint density at radius 3 is 2.78 bits per heavy atom. The Labute approximate surface area is 156 Å². The van der Waals surface area contributed by atoms with Gasteiger partial charge in [0.15, 0.2) is 0 Å². The van der Waals surface area contributed by atoms with Crippen LogP contribution >= 0.6 is 0 Å². The number of hydrogen-bond donors (Lipinski definition) is 1. The number of carbonyl (C=O) groups excluding carboxylic acids is 2. The van der Waals surface area contributed by atoms with Gasteiger partial charge in [-0.25, -0.2) is 4.90 Å². The van der Waals surface area contributed by atoms with Crippen LogP contribution < -0.4 is 9.64 Å². The summed E-state index contributed by atoms with van der Waals surface area (Å²) in [6, 6.07) is 3.33. The molecule has 2 atom stereocenters. The number of ether oxygens (including phenoxy) is 1. The van der Waals surface area contributed by atoms with Crippen LogP contribution in [0.15, 0.2) is 18.2 Å². The lowest BCUT2D eigenvalue weighted by Gasteiger charge is -2.38. The van der Waals surface area contributed by atoms with Crippen LogP contribution in [0.5, 0.6) is 5.75 Å². The van der Waals surface area contributed by atoms with E-state index in [4.69, 9.17) is 4.74 Å². The number of carbonyl (C=O) groups is 2. The molecule has 2 aliphatic rings. The lowest BCUT2D eigenvalue weighted by atomic mass is 9.97. The second-order valence-corrected chi connectivity index (χ2v) is 6.80. The van der Waals surface area contributed by atoms with E-state index in [9.17, 15) is 24.8 Å². The van der Waals surface area contributed by atoms with Gasteiger partial charge in [-0.05, 0) is 31.9 Å². The Hall–Kier alpha value is -2.52. The number of anilines is 1. The molecule has 27 heavy (non-hydrogen) atoms. The Bertz CT molecular complexity index is 751. The molecular weight excluding hydrogens is 354 g/mol. The Morgan fingerprint density at radius 1 is 1.33 bits per heavy atom. The van der Waals surface area contributed by atoms with Crippen molar-refractivity contribution in [2.24, 2.45) is 0 Å². The minimum absolute atomic E-state index is 0.0376. The smallest absolute Gasteiger partial charge is 0.273 e. The molecule has 1 aromatic rings. The third-order valence-corrected chi connectivity index (χ3v) is 5.27. The van der Waals surface area contributed by atoms with E-state index in [-0.39, 0.29) is 48.0 Å². The lowest BCUT2D eigenvalue weighted by Crippen LogP contribution is -2.50. The van der Waals surface area contributed by atoms with Gasteiger partial charge in [-0.1, -0.05) is 6.42 Å². The molecule has 1 aromatic carbocycles. The molecule has 2 saturated heterocycles. The Balaban J connectivity index is 1.89. The maximum Gasteiger partial charge on any atom is 0.273 e. The van der Waals surface area contributed by atoms with Crippen molar-refractivity contribution in [3.63, 3.8) is 0 Å². The van der Waals surface area contributed by atoms with Gasteiger partial charge >= 0.3 is 0 Å². The molecule has 0 aromatic heterocycles. The van der Waals surface area contributed by atoms with Crippen molar-refractivity contribution in [1.82, 2.24) is 4.90 Å². The maximum absolute atomic E-state index is 13.1. The van der Waals surface area contributed by atoms with Gasteiger partial charge in [-0.3, -0.25) is 24.6 Å². The summed E-state index contributed by atoms with van der Waals surface area (Å²) in [6.07, 6.45) is 3.50. The van der Waals surface area contributed by atoms with E-state index in [1.807, 2.05) is 4.90 Å². The number of piperidine rings is 1. The van der Waals surface area contributed by atoms with Gasteiger partial charge in [0.25, 0.3) is 11.6 Å². The molecule has 1 N–H and O–H groups in total. The van der Waals surface area contributed by atoms with E-state index in [2.05, 4.69) is 0 Å². The highest BCUT2D eigenvalue weighted by Crippen LogP contribution is 2.37. The van der Waals surface area contributed by atoms with Crippen LogP contribution in [0.3, 0.4) is 0 Å². The van der Waals surface area contributed by atoms with Gasteiger partial charge in [0.05, 0.1) is 36.2 Å². The molecular formula is C18H23N3O6. The minimum Gasteiger partial charge on any atom is -0.494 e. The van der Waals surface area contributed by atoms with Crippen molar-refractivity contribution in [3.8, 4) is 5.75 Å². The van der Waals surface area contributed by atoms with Gasteiger partial charge in [0.1, 0.15) is 5.75 Å². The summed E-state index contributed by atoms with van der Waals surface area (Å²) in [5.41, 5.74) is 0.0432. The first-order valence-electron chi connectivity index (χ1n) is 9.03. The number of non-ortho nitro benzene ring substituents is 1. The van der Waals surface area contributed by atoms with E-state index in [1.165, 1.54) is 25.3 Å². The third-order valence-electron chi connectivity index (χ3n) is 5.27. The molecule has 2 heterocycles. The van der Waals surface area contributed by atoms with E-state index in [0.29, 0.717) is 13.0 Å². The highest BCUT2D eigenvalue weighted by Gasteiger charge is 2.45. The van der Waals surface area contributed by atoms with Crippen LogP contribution in [0.25, 0.3) is 0 Å². The maximum atomic E-state index is 13.1. The fourth-order valence-electron chi connectivity index (χ4n) is 3.98. The van der Waals surface area contributed by atoms with E-state index < -0.39 is 11.0 Å². The van der Waals surface area contributed by atoms with Gasteiger partial charge in [-0.15, -0.1) is 0 Å². The average molecular weight is 377 g/mol. The van der Waals surface area contributed by atoms with Crippen molar-refractivity contribution in [2.75, 3.05) is 25.2 Å². The normalized spacial score (nSPS) is 23.7. The predicted octanol–water partition coefficient (Wildman–Crippen LogP) is 1.47. The second kappa shape index (κ2) is 8.01. The molecule has 2 aliphatic heterocycles. The van der Waals surface area contributed by atoms with Crippen LogP contribution in [0.4, 0.5) is 11.4 Å². The molecule has 2 unspecified atom stereocenters. The van der Waals surface area contributed by atoms with Gasteiger partial charge in [0, 0.05) is 18.7 Å². The summed E-state index contributed by atoms with van der Waals surface area (Å²) in [5.74, 6) is -0.598. The topological polar surface area (TPSA) is 113 Å². The zero-order valence-corrected chi connectivity index (χ0v) is 15.2. The van der Waals surface area contributed by atoms with Crippen LogP contribution in [0, 0.1) is 10.1 Å². The number of rotatable bonds is 6. The molecule has 0 spiro atoms. The summed E-state index contributed by atoms with van der Waals surface area (Å²) in [6.45, 7) is 0.746. The second-order valence-electron chi connectivity index (χ2n) is 6.80. The molecule has 0 radical (unpaired) electrons. The summed E-state index contributed by atoms with van der Waals surface area (Å²) < 4.78 is 5.19. The first-order valence-corrected chi connectivity index (χ1v) is 9.03. The average Bonchev–Trinajstić information content (AvgIpc) is 2.96. The first kappa shape index (κ1) is 19.2. The Kier molecular flexibility index (Phi) is 5.71. The summed E-state index contributed by atoms with van der Waals surface area (Å²) >= 11 is 0. The fraction of sp³-hybridized carbons (Fsp3) is 0.556. The Morgan fingerprint density at radius 2 is 2.11 bits per heavy atom. The zero-order valence-electron chi connectivity index (χ0n) is 15.2. The standard InChI is InChI=1S/C18H23N3O6/c1-27-16-10-13(21(25)26)5-6-14(16)20-17(23)11-15(18(20)24)19-8-3-2-4-12(19)7-9-22/h5-6,10,12,15,22H,2-4,7-9,11H2,1H3.